The number of pyridine rings is 1. The molecule has 27 heavy (non-hydrogen) atoms. The first-order valence-electron chi connectivity index (χ1n) is 8.57. The molecule has 4 rings (SSSR count). The van der Waals surface area contributed by atoms with Crippen LogP contribution in [-0.2, 0) is 0 Å². The van der Waals surface area contributed by atoms with E-state index in [1.807, 2.05) is 72.8 Å². The summed E-state index contributed by atoms with van der Waals surface area (Å²) < 4.78 is 1.04. The van der Waals surface area contributed by atoms with Crippen molar-refractivity contribution in [3.63, 3.8) is 0 Å². The topological polar surface area (TPSA) is 58.1 Å². The van der Waals surface area contributed by atoms with Gasteiger partial charge in [-0.2, -0.15) is 0 Å². The third kappa shape index (κ3) is 3.66. The number of para-hydroxylation sites is 1. The van der Waals surface area contributed by atoms with Crippen molar-refractivity contribution < 1.29 is 4.79 Å². The molecule has 4 aromatic rings. The number of rotatable bonds is 4. The number of hydrogen-bond acceptors (Lipinski definition) is 4. The van der Waals surface area contributed by atoms with E-state index in [1.54, 1.807) is 18.1 Å². The van der Waals surface area contributed by atoms with Crippen LogP contribution in [0.15, 0.2) is 79.0 Å². The molecule has 2 amide bonds. The Balaban J connectivity index is 1.62. The summed E-state index contributed by atoms with van der Waals surface area (Å²) >= 11 is 1.46. The summed E-state index contributed by atoms with van der Waals surface area (Å²) in [6.07, 6.45) is 1.74. The molecule has 2 heterocycles. The van der Waals surface area contributed by atoms with E-state index < -0.39 is 0 Å². The molecule has 0 bridgehead atoms. The van der Waals surface area contributed by atoms with Crippen LogP contribution in [0.5, 0.6) is 0 Å². The monoisotopic (exact) mass is 374 g/mol. The molecule has 1 atom stereocenters. The highest BCUT2D eigenvalue weighted by Gasteiger charge is 2.25. The van der Waals surface area contributed by atoms with Gasteiger partial charge in [0.05, 0.1) is 15.9 Å². The van der Waals surface area contributed by atoms with Crippen LogP contribution in [0.1, 0.15) is 17.3 Å². The zero-order valence-corrected chi connectivity index (χ0v) is 15.6. The summed E-state index contributed by atoms with van der Waals surface area (Å²) in [5.41, 5.74) is 2.69. The zero-order valence-electron chi connectivity index (χ0n) is 14.7. The molecule has 5 nitrogen and oxygen atoms in total. The van der Waals surface area contributed by atoms with Crippen LogP contribution >= 0.6 is 11.3 Å². The largest absolute Gasteiger partial charge is 0.324 e. The fraction of sp³-hybridized carbons (Fsp3) is 0.0952. The molecule has 0 spiro atoms. The molecule has 0 saturated carbocycles. The number of carbonyl (C=O) groups excluding carboxylic acids is 1. The van der Waals surface area contributed by atoms with Crippen LogP contribution in [0.2, 0.25) is 0 Å². The number of fused-ring (bicyclic) bond motifs is 1. The lowest BCUT2D eigenvalue weighted by Crippen LogP contribution is -2.35. The second-order valence-electron chi connectivity index (χ2n) is 6.10. The van der Waals surface area contributed by atoms with Crippen molar-refractivity contribution in [2.24, 2.45) is 0 Å². The summed E-state index contributed by atoms with van der Waals surface area (Å²) in [7, 11) is 1.77. The number of carbonyl (C=O) groups is 1. The predicted molar refractivity (Wildman–Crippen MR) is 109 cm³/mol. The van der Waals surface area contributed by atoms with Crippen LogP contribution in [0.3, 0.4) is 0 Å². The molecule has 1 N–H and O–H groups in total. The lowest BCUT2D eigenvalue weighted by atomic mass is 10.0. The minimum atomic E-state index is -0.290. The molecule has 0 unspecified atom stereocenters. The molecular weight excluding hydrogens is 356 g/mol. The average molecular weight is 374 g/mol. The van der Waals surface area contributed by atoms with E-state index in [9.17, 15) is 4.79 Å². The maximum Gasteiger partial charge on any atom is 0.324 e. The van der Waals surface area contributed by atoms with E-state index in [0.717, 1.165) is 21.5 Å². The Morgan fingerprint density at radius 3 is 2.48 bits per heavy atom. The maximum atomic E-state index is 12.9. The van der Waals surface area contributed by atoms with E-state index in [2.05, 4.69) is 15.3 Å². The third-order valence-electron chi connectivity index (χ3n) is 4.30. The van der Waals surface area contributed by atoms with Crippen LogP contribution < -0.4 is 5.32 Å². The van der Waals surface area contributed by atoms with Crippen LogP contribution in [0, 0.1) is 0 Å². The second kappa shape index (κ2) is 7.55. The molecule has 6 heteroatoms. The molecule has 0 radical (unpaired) electrons. The maximum absolute atomic E-state index is 12.9. The van der Waals surface area contributed by atoms with Crippen LogP contribution in [0.25, 0.3) is 10.2 Å². The van der Waals surface area contributed by atoms with Crippen molar-refractivity contribution in [3.05, 3.63) is 90.3 Å². The van der Waals surface area contributed by atoms with Gasteiger partial charge in [0, 0.05) is 13.2 Å². The van der Waals surface area contributed by atoms with Crippen molar-refractivity contribution in [2.75, 3.05) is 12.4 Å². The van der Waals surface area contributed by atoms with Gasteiger partial charge in [-0.1, -0.05) is 59.9 Å². The van der Waals surface area contributed by atoms with Gasteiger partial charge in [0.1, 0.15) is 6.04 Å². The molecule has 2 aromatic heterocycles. The average Bonchev–Trinajstić information content (AvgIpc) is 3.12. The molecular formula is C21H18N4OS. The van der Waals surface area contributed by atoms with Crippen molar-refractivity contribution in [1.82, 2.24) is 14.9 Å². The Morgan fingerprint density at radius 1 is 1.00 bits per heavy atom. The number of urea groups is 1. The van der Waals surface area contributed by atoms with E-state index in [0.29, 0.717) is 5.13 Å². The van der Waals surface area contributed by atoms with Crippen LogP contribution in [-0.4, -0.2) is 27.9 Å². The van der Waals surface area contributed by atoms with Gasteiger partial charge in [-0.15, -0.1) is 0 Å². The summed E-state index contributed by atoms with van der Waals surface area (Å²) in [4.78, 5) is 23.5. The Labute approximate surface area is 161 Å². The summed E-state index contributed by atoms with van der Waals surface area (Å²) in [5.74, 6) is 0. The Hall–Kier alpha value is -3.25. The molecule has 0 fully saturated rings. The standard InChI is InChI=1S/C21H18N4OS/c1-25(21(26)24-20-23-16-11-5-6-13-18(16)27-20)19(15-9-3-2-4-10-15)17-12-7-8-14-22-17/h2-14,19H,1H3,(H,23,24,26)/t19-/m0/s1. The fourth-order valence-electron chi connectivity index (χ4n) is 2.99. The first-order chi connectivity index (χ1) is 13.2. The van der Waals surface area contributed by atoms with E-state index in [4.69, 9.17) is 0 Å². The summed E-state index contributed by atoms with van der Waals surface area (Å²) in [6, 6.07) is 22.9. The third-order valence-corrected chi connectivity index (χ3v) is 5.25. The van der Waals surface area contributed by atoms with Gasteiger partial charge in [0.2, 0.25) is 0 Å². The van der Waals surface area contributed by atoms with Gasteiger partial charge < -0.3 is 4.90 Å². The normalized spacial score (nSPS) is 11.9. The Kier molecular flexibility index (Phi) is 4.80. The predicted octanol–water partition coefficient (Wildman–Crippen LogP) is 4.94. The van der Waals surface area contributed by atoms with Gasteiger partial charge in [-0.05, 0) is 29.8 Å². The molecule has 134 valence electrons. The van der Waals surface area contributed by atoms with Crippen molar-refractivity contribution in [2.45, 2.75) is 6.04 Å². The fourth-order valence-corrected chi connectivity index (χ4v) is 3.84. The van der Waals surface area contributed by atoms with E-state index in [1.165, 1.54) is 11.3 Å². The number of anilines is 1. The van der Waals surface area contributed by atoms with Gasteiger partial charge in [0.15, 0.2) is 5.13 Å². The first-order valence-corrected chi connectivity index (χ1v) is 9.39. The zero-order chi connectivity index (χ0) is 18.6. The minimum absolute atomic E-state index is 0.228. The number of aromatic nitrogens is 2. The van der Waals surface area contributed by atoms with Gasteiger partial charge >= 0.3 is 6.03 Å². The highest BCUT2D eigenvalue weighted by atomic mass is 32.1. The van der Waals surface area contributed by atoms with E-state index in [-0.39, 0.29) is 12.1 Å². The van der Waals surface area contributed by atoms with Crippen LogP contribution in [0.4, 0.5) is 9.93 Å². The molecule has 2 aromatic carbocycles. The van der Waals surface area contributed by atoms with Crippen molar-refractivity contribution >= 4 is 32.7 Å². The molecule has 0 saturated heterocycles. The van der Waals surface area contributed by atoms with Crippen molar-refractivity contribution in [3.8, 4) is 0 Å². The number of nitrogens with zero attached hydrogens (tertiary/aromatic N) is 3. The van der Waals surface area contributed by atoms with Gasteiger partial charge in [0.25, 0.3) is 0 Å². The summed E-state index contributed by atoms with van der Waals surface area (Å²) in [6.45, 7) is 0. The van der Waals surface area contributed by atoms with Crippen molar-refractivity contribution in [1.29, 1.82) is 0 Å². The number of hydrogen-bond donors (Lipinski definition) is 1. The number of thiazole rings is 1. The first kappa shape index (κ1) is 17.2. The number of amides is 2. The SMILES string of the molecule is CN(C(=O)Nc1nc2ccccc2s1)[C@@H](c1ccccc1)c1ccccn1. The summed E-state index contributed by atoms with van der Waals surface area (Å²) in [5, 5.41) is 3.50. The quantitative estimate of drug-likeness (QED) is 0.550. The van der Waals surface area contributed by atoms with Gasteiger partial charge in [-0.3, -0.25) is 10.3 Å². The Morgan fingerprint density at radius 2 is 1.74 bits per heavy atom. The lowest BCUT2D eigenvalue weighted by Gasteiger charge is -2.28. The smallest absolute Gasteiger partial charge is 0.315 e. The second-order valence-corrected chi connectivity index (χ2v) is 7.13. The minimum Gasteiger partial charge on any atom is -0.315 e. The highest BCUT2D eigenvalue weighted by Crippen LogP contribution is 2.29. The number of nitrogens with one attached hydrogen (secondary N) is 1. The molecule has 0 aliphatic heterocycles. The highest BCUT2D eigenvalue weighted by molar-refractivity contribution is 7.22. The number of benzene rings is 2. The van der Waals surface area contributed by atoms with Gasteiger partial charge in [-0.25, -0.2) is 9.78 Å². The molecule has 0 aliphatic rings. The Bertz CT molecular complexity index is 977. The van der Waals surface area contributed by atoms with E-state index >= 15 is 0 Å². The lowest BCUT2D eigenvalue weighted by molar-refractivity contribution is 0.211. The molecule has 0 aliphatic carbocycles.